The van der Waals surface area contributed by atoms with Crippen molar-refractivity contribution in [2.45, 2.75) is 72.4 Å². The van der Waals surface area contributed by atoms with Gasteiger partial charge in [0.2, 0.25) is 0 Å². The highest BCUT2D eigenvalue weighted by Gasteiger charge is 2.39. The maximum Gasteiger partial charge on any atom is 0.0260 e. The van der Waals surface area contributed by atoms with Gasteiger partial charge in [-0.15, -0.1) is 0 Å². The molecule has 3 unspecified atom stereocenters. The molecule has 1 rings (SSSR count). The average molecular weight is 302 g/mol. The molecule has 0 amide bonds. The van der Waals surface area contributed by atoms with Crippen LogP contribution in [-0.2, 0) is 0 Å². The first kappa shape index (κ1) is 19.0. The van der Waals surface area contributed by atoms with Gasteiger partial charge in [-0.2, -0.15) is 0 Å². The molecule has 0 spiro atoms. The molecule has 1 aliphatic rings. The Labute approximate surface area is 138 Å². The first-order valence-electron chi connectivity index (χ1n) is 8.87. The average Bonchev–Trinajstić information content (AvgIpc) is 3.16. The van der Waals surface area contributed by atoms with Crippen LogP contribution in [0.1, 0.15) is 60.3 Å². The smallest absolute Gasteiger partial charge is 0.0260 e. The van der Waals surface area contributed by atoms with Gasteiger partial charge in [0.25, 0.3) is 0 Å². The Hall–Kier alpha value is -1.08. The van der Waals surface area contributed by atoms with Crippen molar-refractivity contribution in [2.75, 3.05) is 0 Å². The van der Waals surface area contributed by atoms with Crippen LogP contribution in [0.4, 0.5) is 0 Å². The third-order valence-corrected chi connectivity index (χ3v) is 4.42. The second-order valence-electron chi connectivity index (χ2n) is 6.97. The predicted molar refractivity (Wildman–Crippen MR) is 100 cm³/mol. The van der Waals surface area contributed by atoms with E-state index in [2.05, 4.69) is 65.2 Å². The molecule has 0 aromatic heterocycles. The van der Waals surface area contributed by atoms with Gasteiger partial charge in [-0.05, 0) is 44.1 Å². The first-order chi connectivity index (χ1) is 10.4. The summed E-state index contributed by atoms with van der Waals surface area (Å²) in [4.78, 5) is 0. The molecule has 3 atom stereocenters. The Bertz CT molecular complexity index is 439. The molecule has 0 fully saturated rings. The van der Waals surface area contributed by atoms with Gasteiger partial charge >= 0.3 is 0 Å². The molecule has 0 saturated heterocycles. The molecular weight excluding hydrogens is 266 g/mol. The minimum Gasteiger partial charge on any atom is -0.312 e. The van der Waals surface area contributed by atoms with Crippen molar-refractivity contribution in [3.8, 4) is 0 Å². The van der Waals surface area contributed by atoms with E-state index in [9.17, 15) is 0 Å². The van der Waals surface area contributed by atoms with Crippen molar-refractivity contribution < 1.29 is 0 Å². The van der Waals surface area contributed by atoms with Gasteiger partial charge in [0.05, 0.1) is 0 Å². The summed E-state index contributed by atoms with van der Waals surface area (Å²) in [6, 6.07) is 1.11. The fraction of sp³-hybridized carbons (Fsp3) is 0.619. The van der Waals surface area contributed by atoms with E-state index in [-0.39, 0.29) is 0 Å². The number of hydrogen-bond acceptors (Lipinski definition) is 1. The summed E-state index contributed by atoms with van der Waals surface area (Å²) in [6.45, 7) is 19.4. The van der Waals surface area contributed by atoms with Crippen molar-refractivity contribution in [3.63, 3.8) is 0 Å². The van der Waals surface area contributed by atoms with Gasteiger partial charge in [-0.25, -0.2) is 0 Å². The Morgan fingerprint density at radius 1 is 1.23 bits per heavy atom. The number of rotatable bonds is 11. The molecule has 124 valence electrons. The number of allylic oxidation sites excluding steroid dienone is 6. The lowest BCUT2D eigenvalue weighted by molar-refractivity contribution is 0.423. The Morgan fingerprint density at radius 2 is 1.91 bits per heavy atom. The fourth-order valence-corrected chi connectivity index (χ4v) is 3.53. The lowest BCUT2D eigenvalue weighted by Gasteiger charge is -2.20. The molecule has 0 aromatic rings. The van der Waals surface area contributed by atoms with Crippen molar-refractivity contribution in [3.05, 3.63) is 48.1 Å². The SMILES string of the molecule is C=CC(=C)C1C(CC/C=C\CC)=C1C(C)CC(C)NC(C)C. The second kappa shape index (κ2) is 9.15. The molecule has 22 heavy (non-hydrogen) atoms. The summed E-state index contributed by atoms with van der Waals surface area (Å²) in [5, 5.41) is 3.61. The van der Waals surface area contributed by atoms with Crippen molar-refractivity contribution >= 4 is 0 Å². The summed E-state index contributed by atoms with van der Waals surface area (Å²) in [7, 11) is 0. The highest BCUT2D eigenvalue weighted by atomic mass is 14.9. The van der Waals surface area contributed by atoms with E-state index >= 15 is 0 Å². The predicted octanol–water partition coefficient (Wildman–Crippen LogP) is 5.81. The summed E-state index contributed by atoms with van der Waals surface area (Å²) >= 11 is 0. The van der Waals surface area contributed by atoms with Crippen LogP contribution in [0.2, 0.25) is 0 Å². The molecule has 0 radical (unpaired) electrons. The van der Waals surface area contributed by atoms with Gasteiger partial charge in [-0.3, -0.25) is 0 Å². The van der Waals surface area contributed by atoms with Crippen LogP contribution in [-0.4, -0.2) is 12.1 Å². The summed E-state index contributed by atoms with van der Waals surface area (Å²) in [5.41, 5.74) is 4.43. The van der Waals surface area contributed by atoms with Gasteiger partial charge < -0.3 is 5.32 Å². The van der Waals surface area contributed by atoms with Crippen molar-refractivity contribution in [1.29, 1.82) is 0 Å². The molecule has 0 heterocycles. The zero-order valence-electron chi connectivity index (χ0n) is 15.3. The third-order valence-electron chi connectivity index (χ3n) is 4.42. The Kier molecular flexibility index (Phi) is 7.89. The Morgan fingerprint density at radius 3 is 2.45 bits per heavy atom. The van der Waals surface area contributed by atoms with Gasteiger partial charge in [-0.1, -0.05) is 70.2 Å². The minimum atomic E-state index is 0.508. The summed E-state index contributed by atoms with van der Waals surface area (Å²) in [5.74, 6) is 1.14. The number of hydrogen-bond donors (Lipinski definition) is 1. The molecule has 1 N–H and O–H groups in total. The highest BCUT2D eigenvalue weighted by Crippen LogP contribution is 2.51. The Balaban J connectivity index is 2.64. The molecule has 1 aliphatic carbocycles. The summed E-state index contributed by atoms with van der Waals surface area (Å²) < 4.78 is 0. The second-order valence-corrected chi connectivity index (χ2v) is 6.97. The standard InChI is InChI=1S/C21H35N/c1-8-10-11-12-13-19-20(16(5)9-2)21(19)17(6)14-18(7)22-15(3)4/h9-11,15,17-18,20,22H,2,5,8,12-14H2,1,3-4,6-7H3/b11-10-. The van der Waals surface area contributed by atoms with E-state index in [4.69, 9.17) is 0 Å². The van der Waals surface area contributed by atoms with Crippen LogP contribution in [0.15, 0.2) is 48.1 Å². The van der Waals surface area contributed by atoms with E-state index < -0.39 is 0 Å². The lowest BCUT2D eigenvalue weighted by Crippen LogP contribution is -2.33. The van der Waals surface area contributed by atoms with E-state index in [0.717, 1.165) is 12.8 Å². The van der Waals surface area contributed by atoms with Gasteiger partial charge in [0, 0.05) is 18.0 Å². The third kappa shape index (κ3) is 5.61. The summed E-state index contributed by atoms with van der Waals surface area (Å²) in [6.07, 6.45) is 11.2. The molecular formula is C21H35N. The van der Waals surface area contributed by atoms with Gasteiger partial charge in [0.1, 0.15) is 0 Å². The molecule has 0 aliphatic heterocycles. The zero-order valence-corrected chi connectivity index (χ0v) is 15.3. The maximum atomic E-state index is 4.20. The van der Waals surface area contributed by atoms with E-state index in [0.29, 0.717) is 23.9 Å². The van der Waals surface area contributed by atoms with Crippen LogP contribution in [0, 0.1) is 11.8 Å². The van der Waals surface area contributed by atoms with E-state index in [1.54, 1.807) is 11.1 Å². The van der Waals surface area contributed by atoms with Crippen LogP contribution >= 0.6 is 0 Å². The minimum absolute atomic E-state index is 0.508. The van der Waals surface area contributed by atoms with Crippen molar-refractivity contribution in [1.82, 2.24) is 5.32 Å². The highest BCUT2D eigenvalue weighted by molar-refractivity contribution is 5.52. The molecule has 0 bridgehead atoms. The van der Waals surface area contributed by atoms with Crippen LogP contribution < -0.4 is 5.32 Å². The zero-order chi connectivity index (χ0) is 16.7. The largest absolute Gasteiger partial charge is 0.312 e. The van der Waals surface area contributed by atoms with Crippen LogP contribution in [0.5, 0.6) is 0 Å². The molecule has 0 aromatic carbocycles. The van der Waals surface area contributed by atoms with Crippen molar-refractivity contribution in [2.24, 2.45) is 11.8 Å². The monoisotopic (exact) mass is 301 g/mol. The van der Waals surface area contributed by atoms with Crippen LogP contribution in [0.25, 0.3) is 0 Å². The molecule has 1 nitrogen and oxygen atoms in total. The maximum absolute atomic E-state index is 4.20. The fourth-order valence-electron chi connectivity index (χ4n) is 3.53. The van der Waals surface area contributed by atoms with E-state index in [1.807, 2.05) is 6.08 Å². The normalized spacial score (nSPS) is 20.5. The van der Waals surface area contributed by atoms with E-state index in [1.165, 1.54) is 18.4 Å². The molecule has 0 saturated carbocycles. The topological polar surface area (TPSA) is 12.0 Å². The first-order valence-corrected chi connectivity index (χ1v) is 8.87. The molecule has 1 heteroatoms. The quantitative estimate of drug-likeness (QED) is 0.375. The number of nitrogens with one attached hydrogen (secondary N) is 1. The lowest BCUT2D eigenvalue weighted by atomic mass is 9.95. The van der Waals surface area contributed by atoms with Crippen LogP contribution in [0.3, 0.4) is 0 Å². The van der Waals surface area contributed by atoms with Gasteiger partial charge in [0.15, 0.2) is 0 Å².